The molecule has 0 radical (unpaired) electrons. The first kappa shape index (κ1) is 18.1. The third kappa shape index (κ3) is 4.02. The van der Waals surface area contributed by atoms with Crippen LogP contribution in [0.3, 0.4) is 0 Å². The van der Waals surface area contributed by atoms with Gasteiger partial charge in [0.2, 0.25) is 0 Å². The molecule has 0 saturated carbocycles. The number of nitrogens with two attached hydrogens (primary N) is 1. The lowest BCUT2D eigenvalue weighted by Crippen LogP contribution is -2.31. The summed E-state index contributed by atoms with van der Waals surface area (Å²) in [7, 11) is 3.35. The molecule has 0 spiro atoms. The van der Waals surface area contributed by atoms with Crippen LogP contribution in [0, 0.1) is 12.3 Å². The Morgan fingerprint density at radius 3 is 2.38 bits per heavy atom. The SMILES string of the molecule is COc1cc(C)c(CN2CCC(C)(CN)C2)cc1OC.Cl. The minimum absolute atomic E-state index is 0. The lowest BCUT2D eigenvalue weighted by atomic mass is 9.90. The maximum Gasteiger partial charge on any atom is 0.161 e. The Morgan fingerprint density at radius 1 is 1.24 bits per heavy atom. The van der Waals surface area contributed by atoms with Crippen LogP contribution in [0.25, 0.3) is 0 Å². The van der Waals surface area contributed by atoms with Gasteiger partial charge in [0.05, 0.1) is 14.2 Å². The number of nitrogens with zero attached hydrogens (tertiary/aromatic N) is 1. The molecule has 2 rings (SSSR count). The molecule has 0 amide bonds. The van der Waals surface area contributed by atoms with Gasteiger partial charge in [-0.3, -0.25) is 4.90 Å². The second-order valence-electron chi connectivity index (χ2n) is 6.11. The van der Waals surface area contributed by atoms with Gasteiger partial charge in [0, 0.05) is 13.1 Å². The van der Waals surface area contributed by atoms with Crippen molar-refractivity contribution >= 4 is 12.4 Å². The maximum atomic E-state index is 5.87. The highest BCUT2D eigenvalue weighted by molar-refractivity contribution is 5.85. The molecule has 2 N–H and O–H groups in total. The fourth-order valence-corrected chi connectivity index (χ4v) is 2.86. The van der Waals surface area contributed by atoms with Gasteiger partial charge in [0.15, 0.2) is 11.5 Å². The minimum atomic E-state index is 0. The average Bonchev–Trinajstić information content (AvgIpc) is 2.83. The summed E-state index contributed by atoms with van der Waals surface area (Å²) in [6.45, 7) is 8.28. The van der Waals surface area contributed by atoms with Crippen molar-refractivity contribution in [1.29, 1.82) is 0 Å². The third-order valence-electron chi connectivity index (χ3n) is 4.37. The Kier molecular flexibility index (Phi) is 6.32. The van der Waals surface area contributed by atoms with Crippen molar-refractivity contribution in [1.82, 2.24) is 4.90 Å². The van der Waals surface area contributed by atoms with E-state index >= 15 is 0 Å². The van der Waals surface area contributed by atoms with Crippen LogP contribution < -0.4 is 15.2 Å². The Labute approximate surface area is 134 Å². The van der Waals surface area contributed by atoms with E-state index in [2.05, 4.69) is 24.8 Å². The molecule has 1 aliphatic heterocycles. The molecule has 0 aliphatic carbocycles. The summed E-state index contributed by atoms with van der Waals surface area (Å²) in [6, 6.07) is 4.14. The van der Waals surface area contributed by atoms with E-state index in [0.717, 1.165) is 37.7 Å². The lowest BCUT2D eigenvalue weighted by Gasteiger charge is -2.23. The fraction of sp³-hybridized carbons (Fsp3) is 0.625. The molecule has 4 nitrogen and oxygen atoms in total. The van der Waals surface area contributed by atoms with E-state index in [-0.39, 0.29) is 17.8 Å². The summed E-state index contributed by atoms with van der Waals surface area (Å²) < 4.78 is 10.7. The van der Waals surface area contributed by atoms with Crippen molar-refractivity contribution in [2.75, 3.05) is 33.9 Å². The maximum absolute atomic E-state index is 5.87. The molecule has 1 atom stereocenters. The Morgan fingerprint density at radius 2 is 1.86 bits per heavy atom. The van der Waals surface area contributed by atoms with Crippen molar-refractivity contribution in [2.24, 2.45) is 11.1 Å². The van der Waals surface area contributed by atoms with Crippen molar-refractivity contribution in [3.63, 3.8) is 0 Å². The van der Waals surface area contributed by atoms with E-state index in [9.17, 15) is 0 Å². The molecular weight excluding hydrogens is 288 g/mol. The summed E-state index contributed by atoms with van der Waals surface area (Å²) in [5, 5.41) is 0. The number of likely N-dealkylation sites (tertiary alicyclic amines) is 1. The third-order valence-corrected chi connectivity index (χ3v) is 4.37. The molecule has 0 bridgehead atoms. The summed E-state index contributed by atoms with van der Waals surface area (Å²) in [6.07, 6.45) is 1.18. The molecule has 1 saturated heterocycles. The van der Waals surface area contributed by atoms with Crippen LogP contribution in [-0.2, 0) is 6.54 Å². The topological polar surface area (TPSA) is 47.7 Å². The number of methoxy groups -OCH3 is 2. The zero-order chi connectivity index (χ0) is 14.8. The second kappa shape index (κ2) is 7.34. The molecule has 1 aliphatic rings. The van der Waals surface area contributed by atoms with Crippen LogP contribution in [0.5, 0.6) is 11.5 Å². The smallest absolute Gasteiger partial charge is 0.161 e. The second-order valence-corrected chi connectivity index (χ2v) is 6.11. The van der Waals surface area contributed by atoms with Crippen molar-refractivity contribution < 1.29 is 9.47 Å². The number of ether oxygens (including phenoxy) is 2. The van der Waals surface area contributed by atoms with Crippen LogP contribution in [0.2, 0.25) is 0 Å². The zero-order valence-electron chi connectivity index (χ0n) is 13.4. The van der Waals surface area contributed by atoms with Gasteiger partial charge in [-0.2, -0.15) is 0 Å². The van der Waals surface area contributed by atoms with E-state index in [1.165, 1.54) is 17.5 Å². The highest BCUT2D eigenvalue weighted by Crippen LogP contribution is 2.33. The molecule has 1 aromatic rings. The van der Waals surface area contributed by atoms with Gasteiger partial charge in [-0.15, -0.1) is 12.4 Å². The van der Waals surface area contributed by atoms with Gasteiger partial charge in [-0.05, 0) is 55.1 Å². The number of halogens is 1. The Bertz CT molecular complexity index is 482. The minimum Gasteiger partial charge on any atom is -0.493 e. The first-order valence-corrected chi connectivity index (χ1v) is 7.15. The van der Waals surface area contributed by atoms with Crippen LogP contribution in [0.15, 0.2) is 12.1 Å². The molecule has 1 unspecified atom stereocenters. The summed E-state index contributed by atoms with van der Waals surface area (Å²) in [5.41, 5.74) is 8.68. The number of aryl methyl sites for hydroxylation is 1. The highest BCUT2D eigenvalue weighted by Gasteiger charge is 2.32. The van der Waals surface area contributed by atoms with Crippen molar-refractivity contribution in [3.8, 4) is 11.5 Å². The van der Waals surface area contributed by atoms with Gasteiger partial charge >= 0.3 is 0 Å². The quantitative estimate of drug-likeness (QED) is 0.907. The van der Waals surface area contributed by atoms with Gasteiger partial charge in [-0.1, -0.05) is 6.92 Å². The van der Waals surface area contributed by atoms with Crippen molar-refractivity contribution in [3.05, 3.63) is 23.3 Å². The molecular formula is C16H27ClN2O2. The molecule has 1 fully saturated rings. The largest absolute Gasteiger partial charge is 0.493 e. The van der Waals surface area contributed by atoms with E-state index in [1.807, 2.05) is 6.07 Å². The van der Waals surface area contributed by atoms with E-state index < -0.39 is 0 Å². The molecule has 1 aromatic carbocycles. The number of rotatable bonds is 5. The highest BCUT2D eigenvalue weighted by atomic mass is 35.5. The molecule has 0 aromatic heterocycles. The van der Waals surface area contributed by atoms with E-state index in [1.54, 1.807) is 14.2 Å². The number of hydrogen-bond acceptors (Lipinski definition) is 4. The zero-order valence-corrected chi connectivity index (χ0v) is 14.3. The average molecular weight is 315 g/mol. The summed E-state index contributed by atoms with van der Waals surface area (Å²) in [4.78, 5) is 2.47. The molecule has 120 valence electrons. The predicted octanol–water partition coefficient (Wildman–Crippen LogP) is 2.60. The summed E-state index contributed by atoms with van der Waals surface area (Å²) in [5.74, 6) is 1.59. The summed E-state index contributed by atoms with van der Waals surface area (Å²) >= 11 is 0. The Hall–Kier alpha value is -0.970. The molecule has 21 heavy (non-hydrogen) atoms. The fourth-order valence-electron chi connectivity index (χ4n) is 2.86. The number of benzene rings is 1. The number of hydrogen-bond donors (Lipinski definition) is 1. The van der Waals surface area contributed by atoms with Crippen LogP contribution in [0.1, 0.15) is 24.5 Å². The van der Waals surface area contributed by atoms with Gasteiger partial charge in [0.25, 0.3) is 0 Å². The predicted molar refractivity (Wildman–Crippen MR) is 88.6 cm³/mol. The van der Waals surface area contributed by atoms with Crippen LogP contribution in [0.4, 0.5) is 0 Å². The van der Waals surface area contributed by atoms with Crippen LogP contribution >= 0.6 is 12.4 Å². The van der Waals surface area contributed by atoms with Crippen LogP contribution in [-0.4, -0.2) is 38.8 Å². The van der Waals surface area contributed by atoms with Gasteiger partial charge in [-0.25, -0.2) is 0 Å². The van der Waals surface area contributed by atoms with Crippen molar-refractivity contribution in [2.45, 2.75) is 26.8 Å². The van der Waals surface area contributed by atoms with E-state index in [4.69, 9.17) is 15.2 Å². The lowest BCUT2D eigenvalue weighted by molar-refractivity contribution is 0.273. The van der Waals surface area contributed by atoms with E-state index in [0.29, 0.717) is 0 Å². The van der Waals surface area contributed by atoms with Gasteiger partial charge < -0.3 is 15.2 Å². The Balaban J connectivity index is 0.00000220. The molecule has 1 heterocycles. The first-order valence-electron chi connectivity index (χ1n) is 7.15. The normalized spacial score (nSPS) is 22.0. The first-order chi connectivity index (χ1) is 9.51. The standard InChI is InChI=1S/C16H26N2O2.ClH/c1-12-7-14(19-3)15(20-4)8-13(12)9-18-6-5-16(2,10-17)11-18;/h7-8H,5-6,9-11,17H2,1-4H3;1H. The molecule has 5 heteroatoms. The van der Waals surface area contributed by atoms with Gasteiger partial charge in [0.1, 0.15) is 0 Å². The monoisotopic (exact) mass is 314 g/mol.